The maximum atomic E-state index is 14.1. The highest BCUT2D eigenvalue weighted by Gasteiger charge is 2.32. The summed E-state index contributed by atoms with van der Waals surface area (Å²) in [5, 5.41) is 3.53. The van der Waals surface area contributed by atoms with Crippen molar-refractivity contribution in [3.05, 3.63) is 143 Å². The molecule has 0 radical (unpaired) electrons. The zero-order chi connectivity index (χ0) is 30.0. The standard InChI is InChI=1S/C33H34ClN3O4S/c1-42(40,41)36(23-28-15-9-4-10-16-28)25-32(38)37(24-29-17-19-30(34)20-18-29)31(21-26-11-5-2-6-12-26)33(39)35-22-27-13-7-3-8-14-27/h2-20,31H,21-25H2,1H3,(H,35,39). The van der Waals surface area contributed by atoms with E-state index in [1.807, 2.05) is 91.0 Å². The second-order valence-corrected chi connectivity index (χ2v) is 12.5. The maximum absolute atomic E-state index is 14.1. The van der Waals surface area contributed by atoms with Crippen LogP contribution in [0.25, 0.3) is 0 Å². The summed E-state index contributed by atoms with van der Waals surface area (Å²) < 4.78 is 26.7. The Kier molecular flexibility index (Phi) is 10.9. The molecule has 0 saturated carbocycles. The first-order chi connectivity index (χ1) is 20.2. The Morgan fingerprint density at radius 1 is 0.714 bits per heavy atom. The molecule has 1 N–H and O–H groups in total. The molecule has 1 unspecified atom stereocenters. The van der Waals surface area contributed by atoms with Gasteiger partial charge in [-0.2, -0.15) is 4.31 Å². The smallest absolute Gasteiger partial charge is 0.243 e. The number of rotatable bonds is 13. The lowest BCUT2D eigenvalue weighted by molar-refractivity contribution is -0.141. The van der Waals surface area contributed by atoms with E-state index in [9.17, 15) is 18.0 Å². The van der Waals surface area contributed by atoms with Gasteiger partial charge in [0.2, 0.25) is 21.8 Å². The van der Waals surface area contributed by atoms with Gasteiger partial charge in [-0.25, -0.2) is 8.42 Å². The van der Waals surface area contributed by atoms with Crippen LogP contribution in [0.5, 0.6) is 0 Å². The summed E-state index contributed by atoms with van der Waals surface area (Å²) in [4.78, 5) is 29.4. The SMILES string of the molecule is CS(=O)(=O)N(CC(=O)N(Cc1ccc(Cl)cc1)C(Cc1ccccc1)C(=O)NCc1ccccc1)Cc1ccccc1. The molecule has 4 aromatic rings. The van der Waals surface area contributed by atoms with Gasteiger partial charge in [0.25, 0.3) is 0 Å². The fourth-order valence-corrected chi connectivity index (χ4v) is 5.42. The first kappa shape index (κ1) is 31.0. The van der Waals surface area contributed by atoms with E-state index >= 15 is 0 Å². The third-order valence-electron chi connectivity index (χ3n) is 6.83. The van der Waals surface area contributed by atoms with Crippen LogP contribution >= 0.6 is 11.6 Å². The fourth-order valence-electron chi connectivity index (χ4n) is 4.56. The third-order valence-corrected chi connectivity index (χ3v) is 8.28. The second kappa shape index (κ2) is 14.8. The zero-order valence-corrected chi connectivity index (χ0v) is 25.0. The monoisotopic (exact) mass is 603 g/mol. The number of nitrogens with zero attached hydrogens (tertiary/aromatic N) is 2. The van der Waals surface area contributed by atoms with Gasteiger partial charge in [0, 0.05) is 31.1 Å². The Balaban J connectivity index is 1.67. The van der Waals surface area contributed by atoms with Crippen molar-refractivity contribution >= 4 is 33.4 Å². The topological polar surface area (TPSA) is 86.8 Å². The molecule has 218 valence electrons. The van der Waals surface area contributed by atoms with Crippen LogP contribution < -0.4 is 5.32 Å². The summed E-state index contributed by atoms with van der Waals surface area (Å²) in [7, 11) is -3.75. The first-order valence-electron chi connectivity index (χ1n) is 13.6. The van der Waals surface area contributed by atoms with Gasteiger partial charge in [-0.15, -0.1) is 0 Å². The number of halogens is 1. The highest BCUT2D eigenvalue weighted by atomic mass is 35.5. The molecule has 9 heteroatoms. The minimum Gasteiger partial charge on any atom is -0.350 e. The molecule has 4 aromatic carbocycles. The molecule has 0 saturated heterocycles. The first-order valence-corrected chi connectivity index (χ1v) is 15.8. The Bertz CT molecular complexity index is 1550. The van der Waals surface area contributed by atoms with Gasteiger partial charge in [-0.1, -0.05) is 115 Å². The lowest BCUT2D eigenvalue weighted by Gasteiger charge is -2.33. The second-order valence-electron chi connectivity index (χ2n) is 10.1. The van der Waals surface area contributed by atoms with Crippen LogP contribution in [-0.4, -0.2) is 48.3 Å². The number of carbonyl (C=O) groups is 2. The molecular formula is C33H34ClN3O4S. The highest BCUT2D eigenvalue weighted by molar-refractivity contribution is 7.88. The van der Waals surface area contributed by atoms with Crippen LogP contribution in [0.15, 0.2) is 115 Å². The van der Waals surface area contributed by atoms with E-state index in [0.717, 1.165) is 32.8 Å². The van der Waals surface area contributed by atoms with Crippen molar-refractivity contribution in [2.45, 2.75) is 32.1 Å². The number of hydrogen-bond acceptors (Lipinski definition) is 4. The van der Waals surface area contributed by atoms with Crippen LogP contribution in [0.2, 0.25) is 5.02 Å². The van der Waals surface area contributed by atoms with Crippen LogP contribution in [0, 0.1) is 0 Å². The summed E-state index contributed by atoms with van der Waals surface area (Å²) in [5.74, 6) is -0.818. The molecule has 0 aromatic heterocycles. The molecule has 0 spiro atoms. The molecule has 2 amide bonds. The van der Waals surface area contributed by atoms with Gasteiger partial charge in [0.1, 0.15) is 6.04 Å². The molecule has 1 atom stereocenters. The molecule has 0 heterocycles. The van der Waals surface area contributed by atoms with E-state index in [0.29, 0.717) is 5.02 Å². The van der Waals surface area contributed by atoms with Gasteiger partial charge in [-0.3, -0.25) is 9.59 Å². The Morgan fingerprint density at radius 3 is 1.76 bits per heavy atom. The number of hydrogen-bond donors (Lipinski definition) is 1. The number of carbonyl (C=O) groups excluding carboxylic acids is 2. The average molecular weight is 604 g/mol. The van der Waals surface area contributed by atoms with E-state index < -0.39 is 28.5 Å². The Labute approximate surface area is 252 Å². The summed E-state index contributed by atoms with van der Waals surface area (Å²) in [5.41, 5.74) is 3.30. The van der Waals surface area contributed by atoms with Crippen LogP contribution in [0.1, 0.15) is 22.3 Å². The average Bonchev–Trinajstić information content (AvgIpc) is 2.99. The minimum absolute atomic E-state index is 0.0315. The van der Waals surface area contributed by atoms with Crippen molar-refractivity contribution in [2.75, 3.05) is 12.8 Å². The van der Waals surface area contributed by atoms with Gasteiger partial charge in [-0.05, 0) is 34.4 Å². The lowest BCUT2D eigenvalue weighted by atomic mass is 10.0. The molecule has 7 nitrogen and oxygen atoms in total. The summed E-state index contributed by atoms with van der Waals surface area (Å²) in [6.07, 6.45) is 1.33. The molecule has 0 aliphatic heterocycles. The van der Waals surface area contributed by atoms with Gasteiger partial charge in [0.05, 0.1) is 12.8 Å². The van der Waals surface area contributed by atoms with Crippen LogP contribution in [0.3, 0.4) is 0 Å². The Morgan fingerprint density at radius 2 is 1.21 bits per heavy atom. The fraction of sp³-hybridized carbons (Fsp3) is 0.212. The van der Waals surface area contributed by atoms with E-state index in [-0.39, 0.29) is 32.0 Å². The predicted molar refractivity (Wildman–Crippen MR) is 166 cm³/mol. The largest absolute Gasteiger partial charge is 0.350 e. The van der Waals surface area contributed by atoms with Crippen molar-refractivity contribution in [3.63, 3.8) is 0 Å². The van der Waals surface area contributed by atoms with Crippen molar-refractivity contribution in [1.29, 1.82) is 0 Å². The van der Waals surface area contributed by atoms with Crippen LogP contribution in [0.4, 0.5) is 0 Å². The van der Waals surface area contributed by atoms with Crippen LogP contribution in [-0.2, 0) is 45.7 Å². The quantitative estimate of drug-likeness (QED) is 0.231. The number of benzene rings is 4. The van der Waals surface area contributed by atoms with Crippen molar-refractivity contribution < 1.29 is 18.0 Å². The van der Waals surface area contributed by atoms with Gasteiger partial charge >= 0.3 is 0 Å². The number of sulfonamides is 1. The number of amides is 2. The van der Waals surface area contributed by atoms with Crippen molar-refractivity contribution in [3.8, 4) is 0 Å². The van der Waals surface area contributed by atoms with Gasteiger partial charge < -0.3 is 10.2 Å². The third kappa shape index (κ3) is 9.27. The molecule has 42 heavy (non-hydrogen) atoms. The normalized spacial score (nSPS) is 12.1. The molecule has 0 bridgehead atoms. The molecule has 0 fully saturated rings. The zero-order valence-electron chi connectivity index (χ0n) is 23.4. The summed E-state index contributed by atoms with van der Waals surface area (Å²) in [6, 6.07) is 34.2. The van der Waals surface area contributed by atoms with Crippen molar-refractivity contribution in [1.82, 2.24) is 14.5 Å². The van der Waals surface area contributed by atoms with E-state index in [4.69, 9.17) is 11.6 Å². The predicted octanol–water partition coefficient (Wildman–Crippen LogP) is 5.06. The van der Waals surface area contributed by atoms with Crippen molar-refractivity contribution in [2.24, 2.45) is 0 Å². The van der Waals surface area contributed by atoms with E-state index in [1.54, 1.807) is 24.3 Å². The molecule has 4 rings (SSSR count). The maximum Gasteiger partial charge on any atom is 0.243 e. The van der Waals surface area contributed by atoms with E-state index in [1.165, 1.54) is 4.90 Å². The van der Waals surface area contributed by atoms with E-state index in [2.05, 4.69) is 5.32 Å². The lowest BCUT2D eigenvalue weighted by Crippen LogP contribution is -2.53. The van der Waals surface area contributed by atoms with Gasteiger partial charge in [0.15, 0.2) is 0 Å². The Hall–Kier alpha value is -3.98. The molecular weight excluding hydrogens is 570 g/mol. The summed E-state index contributed by atoms with van der Waals surface area (Å²) in [6.45, 7) is -0.00503. The summed E-state index contributed by atoms with van der Waals surface area (Å²) >= 11 is 6.11. The number of nitrogens with one attached hydrogen (secondary N) is 1. The molecule has 0 aliphatic rings. The minimum atomic E-state index is -3.75. The molecule has 0 aliphatic carbocycles. The highest BCUT2D eigenvalue weighted by Crippen LogP contribution is 2.18.